The number of fused-ring (bicyclic) bond motifs is 1. The number of amides is 1. The molecule has 1 aliphatic rings. The molecule has 0 aliphatic carbocycles. The summed E-state index contributed by atoms with van der Waals surface area (Å²) in [5, 5.41) is 11.9. The van der Waals surface area contributed by atoms with Gasteiger partial charge in [0.25, 0.3) is 5.91 Å². The summed E-state index contributed by atoms with van der Waals surface area (Å²) >= 11 is 1.53. The monoisotopic (exact) mass is 366 g/mol. The quantitative estimate of drug-likeness (QED) is 0.766. The Morgan fingerprint density at radius 3 is 2.77 bits per heavy atom. The number of rotatable bonds is 4. The molecule has 0 unspecified atom stereocenters. The van der Waals surface area contributed by atoms with Gasteiger partial charge in [0.1, 0.15) is 17.3 Å². The summed E-state index contributed by atoms with van der Waals surface area (Å²) < 4.78 is 5.41. The molecule has 0 atom stereocenters. The van der Waals surface area contributed by atoms with Gasteiger partial charge in [0.2, 0.25) is 0 Å². The average Bonchev–Trinajstić information content (AvgIpc) is 3.14. The molecule has 0 saturated carbocycles. The summed E-state index contributed by atoms with van der Waals surface area (Å²) in [5.41, 5.74) is 3.06. The van der Waals surface area contributed by atoms with E-state index in [0.29, 0.717) is 11.4 Å². The normalized spacial score (nSPS) is 13.2. The lowest BCUT2D eigenvalue weighted by atomic mass is 10.1. The summed E-state index contributed by atoms with van der Waals surface area (Å²) in [6.45, 7) is -0.556. The lowest BCUT2D eigenvalue weighted by molar-refractivity contribution is -0.137. The van der Waals surface area contributed by atoms with Crippen molar-refractivity contribution in [3.63, 3.8) is 0 Å². The maximum Gasteiger partial charge on any atom is 0.323 e. The van der Waals surface area contributed by atoms with Crippen LogP contribution in [0.4, 0.5) is 5.69 Å². The number of ether oxygens (including phenoxy) is 1. The maximum atomic E-state index is 12.1. The number of hydrogen-bond acceptors (Lipinski definition) is 5. The van der Waals surface area contributed by atoms with Crippen LogP contribution in [0.3, 0.4) is 0 Å². The van der Waals surface area contributed by atoms with Gasteiger partial charge < -0.3 is 9.84 Å². The van der Waals surface area contributed by atoms with Crippen LogP contribution >= 0.6 is 11.3 Å². The minimum atomic E-state index is -1.07. The molecule has 2 aromatic carbocycles. The third-order valence-electron chi connectivity index (χ3n) is 4.02. The van der Waals surface area contributed by atoms with E-state index in [2.05, 4.69) is 4.98 Å². The van der Waals surface area contributed by atoms with Crippen LogP contribution in [0, 0.1) is 0 Å². The summed E-state index contributed by atoms with van der Waals surface area (Å²) in [7, 11) is 0. The van der Waals surface area contributed by atoms with Crippen molar-refractivity contribution < 1.29 is 19.4 Å². The van der Waals surface area contributed by atoms with Gasteiger partial charge in [-0.25, -0.2) is 4.98 Å². The van der Waals surface area contributed by atoms with Gasteiger partial charge in [-0.15, -0.1) is 11.3 Å². The molecule has 3 aromatic rings. The van der Waals surface area contributed by atoms with Crippen LogP contribution < -0.4 is 9.64 Å². The number of carbonyl (C=O) groups is 2. The smallest absolute Gasteiger partial charge is 0.323 e. The number of aliphatic carboxylic acids is 1. The second kappa shape index (κ2) is 6.61. The zero-order valence-electron chi connectivity index (χ0n) is 13.6. The van der Waals surface area contributed by atoms with Gasteiger partial charge in [-0.1, -0.05) is 30.3 Å². The molecule has 1 aliphatic heterocycles. The van der Waals surface area contributed by atoms with Crippen molar-refractivity contribution in [2.24, 2.45) is 0 Å². The molecule has 130 valence electrons. The van der Waals surface area contributed by atoms with E-state index in [1.54, 1.807) is 12.1 Å². The molecule has 26 heavy (non-hydrogen) atoms. The Labute approximate surface area is 153 Å². The molecule has 0 radical (unpaired) electrons. The third kappa shape index (κ3) is 3.04. The molecule has 0 saturated heterocycles. The third-order valence-corrected chi connectivity index (χ3v) is 4.91. The minimum absolute atomic E-state index is 0.158. The molecular formula is C19H14N2O4S. The van der Waals surface area contributed by atoms with Gasteiger partial charge in [-0.05, 0) is 18.2 Å². The Hall–Kier alpha value is -3.19. The first kappa shape index (κ1) is 16.3. The van der Waals surface area contributed by atoms with Crippen LogP contribution in [0.25, 0.3) is 21.8 Å². The molecule has 7 heteroatoms. The number of anilines is 1. The molecular weight excluding hydrogens is 352 g/mol. The maximum absolute atomic E-state index is 12.1. The van der Waals surface area contributed by atoms with E-state index in [1.807, 2.05) is 41.8 Å². The molecule has 0 fully saturated rings. The lowest BCUT2D eigenvalue weighted by Crippen LogP contribution is -2.41. The topological polar surface area (TPSA) is 79.7 Å². The standard InChI is InChI=1S/C19H14N2O4S/c22-17-10-25-16-7-6-13(8-15(16)21(17)9-18(23)24)14-11-26-19(20-14)12-4-2-1-3-5-12/h1-8,11H,9-10H2,(H,23,24). The minimum Gasteiger partial charge on any atom is -0.482 e. The SMILES string of the molecule is O=C(O)CN1C(=O)COc2ccc(-c3csc(-c4ccccc4)n3)cc21. The van der Waals surface area contributed by atoms with Crippen molar-refractivity contribution >= 4 is 28.9 Å². The number of hydrogen-bond donors (Lipinski definition) is 1. The first-order valence-corrected chi connectivity index (χ1v) is 8.80. The van der Waals surface area contributed by atoms with Gasteiger partial charge in [0, 0.05) is 16.5 Å². The first-order valence-electron chi connectivity index (χ1n) is 7.92. The predicted octanol–water partition coefficient (Wildman–Crippen LogP) is 3.29. The van der Waals surface area contributed by atoms with E-state index in [9.17, 15) is 9.59 Å². The zero-order valence-corrected chi connectivity index (χ0v) is 14.4. The second-order valence-corrected chi connectivity index (χ2v) is 6.61. The highest BCUT2D eigenvalue weighted by Gasteiger charge is 2.27. The molecule has 0 spiro atoms. The number of thiazole rings is 1. The van der Waals surface area contributed by atoms with Crippen molar-refractivity contribution in [1.82, 2.24) is 4.98 Å². The number of carbonyl (C=O) groups excluding carboxylic acids is 1. The van der Waals surface area contributed by atoms with Gasteiger partial charge >= 0.3 is 5.97 Å². The number of carboxylic acid groups (broad SMARTS) is 1. The molecule has 6 nitrogen and oxygen atoms in total. The Balaban J connectivity index is 1.71. The largest absolute Gasteiger partial charge is 0.482 e. The molecule has 4 rings (SSSR count). The summed E-state index contributed by atoms with van der Waals surface area (Å²) in [5.74, 6) is -0.954. The second-order valence-electron chi connectivity index (χ2n) is 5.75. The van der Waals surface area contributed by atoms with Crippen LogP contribution in [0.15, 0.2) is 53.9 Å². The van der Waals surface area contributed by atoms with Gasteiger partial charge in [0.15, 0.2) is 6.61 Å². The molecule has 1 N–H and O–H groups in total. The van der Waals surface area contributed by atoms with Crippen molar-refractivity contribution in [2.75, 3.05) is 18.1 Å². The Bertz CT molecular complexity index is 984. The van der Waals surface area contributed by atoms with Crippen molar-refractivity contribution in [3.8, 4) is 27.6 Å². The Morgan fingerprint density at radius 1 is 1.19 bits per heavy atom. The fourth-order valence-corrected chi connectivity index (χ4v) is 3.62. The van der Waals surface area contributed by atoms with Gasteiger partial charge in [-0.3, -0.25) is 14.5 Å². The van der Waals surface area contributed by atoms with E-state index in [4.69, 9.17) is 9.84 Å². The highest BCUT2D eigenvalue weighted by Crippen LogP contribution is 2.37. The van der Waals surface area contributed by atoms with E-state index in [-0.39, 0.29) is 12.5 Å². The van der Waals surface area contributed by atoms with Crippen LogP contribution in [0.2, 0.25) is 0 Å². The van der Waals surface area contributed by atoms with E-state index >= 15 is 0 Å². The Morgan fingerprint density at radius 2 is 2.00 bits per heavy atom. The fraction of sp³-hybridized carbons (Fsp3) is 0.105. The summed E-state index contributed by atoms with van der Waals surface area (Å²) in [4.78, 5) is 29.0. The molecule has 2 heterocycles. The lowest BCUT2D eigenvalue weighted by Gasteiger charge is -2.28. The molecule has 1 amide bonds. The number of benzene rings is 2. The molecule has 0 bridgehead atoms. The van der Waals surface area contributed by atoms with E-state index < -0.39 is 12.5 Å². The highest BCUT2D eigenvalue weighted by atomic mass is 32.1. The van der Waals surface area contributed by atoms with Crippen LogP contribution in [0.1, 0.15) is 0 Å². The van der Waals surface area contributed by atoms with Crippen LogP contribution in [0.5, 0.6) is 5.75 Å². The van der Waals surface area contributed by atoms with E-state index in [0.717, 1.165) is 21.8 Å². The van der Waals surface area contributed by atoms with Crippen molar-refractivity contribution in [1.29, 1.82) is 0 Å². The summed E-state index contributed by atoms with van der Waals surface area (Å²) in [6.07, 6.45) is 0. The number of aromatic nitrogens is 1. The Kier molecular flexibility index (Phi) is 4.14. The average molecular weight is 366 g/mol. The zero-order chi connectivity index (χ0) is 18.1. The predicted molar refractivity (Wildman–Crippen MR) is 98.5 cm³/mol. The van der Waals surface area contributed by atoms with Gasteiger partial charge in [0.05, 0.1) is 11.4 Å². The number of carboxylic acids is 1. The van der Waals surface area contributed by atoms with E-state index in [1.165, 1.54) is 16.2 Å². The first-order chi connectivity index (χ1) is 12.6. The molecule has 1 aromatic heterocycles. The highest BCUT2D eigenvalue weighted by molar-refractivity contribution is 7.13. The summed E-state index contributed by atoms with van der Waals surface area (Å²) in [6, 6.07) is 15.2. The fourth-order valence-electron chi connectivity index (χ4n) is 2.79. The van der Waals surface area contributed by atoms with Gasteiger partial charge in [-0.2, -0.15) is 0 Å². The van der Waals surface area contributed by atoms with Crippen LogP contribution in [-0.4, -0.2) is 35.1 Å². The van der Waals surface area contributed by atoms with Crippen molar-refractivity contribution in [2.45, 2.75) is 0 Å². The number of nitrogens with zero attached hydrogens (tertiary/aromatic N) is 2. The van der Waals surface area contributed by atoms with Crippen molar-refractivity contribution in [3.05, 3.63) is 53.9 Å². The van der Waals surface area contributed by atoms with Crippen LogP contribution in [-0.2, 0) is 9.59 Å².